The van der Waals surface area contributed by atoms with E-state index in [1.807, 2.05) is 0 Å². The Morgan fingerprint density at radius 1 is 1.24 bits per heavy atom. The van der Waals surface area contributed by atoms with Crippen LogP contribution in [-0.4, -0.2) is 49.3 Å². The van der Waals surface area contributed by atoms with Crippen LogP contribution in [0.4, 0.5) is 15.8 Å². The van der Waals surface area contributed by atoms with Crippen LogP contribution in [0.15, 0.2) is 12.1 Å². The van der Waals surface area contributed by atoms with Crippen LogP contribution in [-0.2, 0) is 4.74 Å². The highest BCUT2D eigenvalue weighted by atomic mass is 19.1. The van der Waals surface area contributed by atoms with E-state index in [0.29, 0.717) is 23.4 Å². The van der Waals surface area contributed by atoms with Crippen LogP contribution in [0.25, 0.3) is 0 Å². The number of halogens is 1. The summed E-state index contributed by atoms with van der Waals surface area (Å²) in [5, 5.41) is 15.4. The van der Waals surface area contributed by atoms with Gasteiger partial charge in [0.1, 0.15) is 5.82 Å². The molecule has 1 atom stereocenters. The number of rotatable bonds is 7. The Bertz CT molecular complexity index is 666. The number of nitrogens with zero attached hydrogens (tertiary/aromatic N) is 1. The molecule has 2 aliphatic rings. The zero-order valence-corrected chi connectivity index (χ0v) is 18.5. The molecule has 2 N–H and O–H groups in total. The molecule has 1 aromatic rings. The second kappa shape index (κ2) is 9.73. The zero-order chi connectivity index (χ0) is 21.0. The van der Waals surface area contributed by atoms with Gasteiger partial charge in [-0.2, -0.15) is 0 Å². The van der Waals surface area contributed by atoms with E-state index in [2.05, 4.69) is 24.1 Å². The fourth-order valence-electron chi connectivity index (χ4n) is 4.86. The van der Waals surface area contributed by atoms with Crippen LogP contribution in [0.3, 0.4) is 0 Å². The van der Waals surface area contributed by atoms with Crippen molar-refractivity contribution in [2.75, 3.05) is 32.1 Å². The minimum atomic E-state index is -0.318. The molecular formula is C23H38FN3O2. The van der Waals surface area contributed by atoms with Gasteiger partial charge in [-0.25, -0.2) is 4.39 Å². The van der Waals surface area contributed by atoms with Gasteiger partial charge in [-0.3, -0.25) is 4.90 Å². The van der Waals surface area contributed by atoms with Crippen molar-refractivity contribution in [3.05, 3.63) is 28.7 Å². The van der Waals surface area contributed by atoms with Crippen LogP contribution in [0, 0.1) is 17.9 Å². The van der Waals surface area contributed by atoms with Gasteiger partial charge < -0.3 is 20.3 Å². The predicted molar refractivity (Wildman–Crippen MR) is 116 cm³/mol. The van der Waals surface area contributed by atoms with Crippen molar-refractivity contribution < 1.29 is 14.2 Å². The van der Waals surface area contributed by atoms with Crippen molar-refractivity contribution in [3.63, 3.8) is 0 Å². The van der Waals surface area contributed by atoms with Gasteiger partial charge in [0.15, 0.2) is 5.69 Å². The summed E-state index contributed by atoms with van der Waals surface area (Å²) in [5.74, 6) is -0.318. The van der Waals surface area contributed by atoms with Crippen LogP contribution >= 0.6 is 0 Å². The maximum absolute atomic E-state index is 13.9. The Balaban J connectivity index is 1.54. The van der Waals surface area contributed by atoms with E-state index in [1.54, 1.807) is 13.0 Å². The van der Waals surface area contributed by atoms with Crippen molar-refractivity contribution in [2.45, 2.75) is 83.4 Å². The maximum atomic E-state index is 13.9. The third-order valence-corrected chi connectivity index (χ3v) is 6.86. The normalized spacial score (nSPS) is 27.7. The molecule has 0 aromatic heterocycles. The topological polar surface area (TPSA) is 52.0 Å². The number of likely N-dealkylation sites (tertiary alicyclic amines) is 1. The number of ether oxygens (including phenoxy) is 1. The molecule has 0 radical (unpaired) electrons. The molecule has 0 amide bonds. The third kappa shape index (κ3) is 5.48. The highest BCUT2D eigenvalue weighted by molar-refractivity contribution is 5.63. The van der Waals surface area contributed by atoms with Gasteiger partial charge in [0.05, 0.1) is 18.8 Å². The molecule has 1 aliphatic heterocycles. The highest BCUT2D eigenvalue weighted by Gasteiger charge is 2.38. The second-order valence-electron chi connectivity index (χ2n) is 9.18. The number of benzene rings is 1. The van der Waals surface area contributed by atoms with E-state index in [4.69, 9.17) is 4.74 Å². The molecule has 164 valence electrons. The number of hydrogen-bond acceptors (Lipinski definition) is 4. The summed E-state index contributed by atoms with van der Waals surface area (Å²) in [7, 11) is 1.50. The Labute approximate surface area is 175 Å². The van der Waals surface area contributed by atoms with E-state index >= 15 is 0 Å². The van der Waals surface area contributed by atoms with Crippen LogP contribution < -0.4 is 10.4 Å². The van der Waals surface area contributed by atoms with E-state index in [-0.39, 0.29) is 16.4 Å². The largest absolute Gasteiger partial charge is 0.629 e. The highest BCUT2D eigenvalue weighted by Crippen LogP contribution is 2.37. The van der Waals surface area contributed by atoms with Crippen molar-refractivity contribution >= 4 is 11.4 Å². The van der Waals surface area contributed by atoms with E-state index < -0.39 is 0 Å². The summed E-state index contributed by atoms with van der Waals surface area (Å²) in [6.07, 6.45) is 8.33. The molecule has 2 fully saturated rings. The van der Waals surface area contributed by atoms with Crippen molar-refractivity contribution in [1.82, 2.24) is 4.90 Å². The number of quaternary nitrogens is 1. The summed E-state index contributed by atoms with van der Waals surface area (Å²) in [6, 6.07) is 3.47. The quantitative estimate of drug-likeness (QED) is 0.676. The van der Waals surface area contributed by atoms with E-state index in [0.717, 1.165) is 57.5 Å². The summed E-state index contributed by atoms with van der Waals surface area (Å²) >= 11 is 0. The average Bonchev–Trinajstić information content (AvgIpc) is 2.70. The van der Waals surface area contributed by atoms with Crippen molar-refractivity contribution in [1.29, 1.82) is 0 Å². The van der Waals surface area contributed by atoms with Crippen LogP contribution in [0.1, 0.15) is 64.4 Å². The number of hydroxylamine groups is 1. The number of aryl methyl sites for hydroxylation is 1. The fourth-order valence-corrected chi connectivity index (χ4v) is 4.86. The van der Waals surface area contributed by atoms with Gasteiger partial charge in [-0.1, -0.05) is 6.92 Å². The molecular weight excluding hydrogens is 369 g/mol. The molecule has 3 rings (SSSR count). The smallest absolute Gasteiger partial charge is 0.157 e. The molecule has 0 spiro atoms. The minimum Gasteiger partial charge on any atom is -0.629 e. The van der Waals surface area contributed by atoms with Crippen molar-refractivity contribution in [2.24, 2.45) is 0 Å². The van der Waals surface area contributed by atoms with Crippen LogP contribution in [0.2, 0.25) is 0 Å². The molecule has 6 heteroatoms. The molecule has 1 aliphatic carbocycles. The van der Waals surface area contributed by atoms with Gasteiger partial charge in [-0.05, 0) is 70.4 Å². The van der Waals surface area contributed by atoms with Gasteiger partial charge in [0, 0.05) is 37.3 Å². The van der Waals surface area contributed by atoms with Crippen molar-refractivity contribution in [3.8, 4) is 0 Å². The monoisotopic (exact) mass is 407 g/mol. The molecule has 0 bridgehead atoms. The molecule has 1 unspecified atom stereocenters. The summed E-state index contributed by atoms with van der Waals surface area (Å²) in [4.78, 5) is 2.66. The second-order valence-corrected chi connectivity index (χ2v) is 9.18. The maximum Gasteiger partial charge on any atom is 0.157 e. The molecule has 1 heterocycles. The number of piperidine rings is 1. The lowest BCUT2D eigenvalue weighted by Crippen LogP contribution is -2.98. The van der Waals surface area contributed by atoms with Gasteiger partial charge in [0.25, 0.3) is 0 Å². The number of nitrogens with one attached hydrogen (secondary N) is 2. The number of anilines is 1. The number of hydrogen-bond donors (Lipinski definition) is 2. The van der Waals surface area contributed by atoms with E-state index in [1.165, 1.54) is 26.0 Å². The first-order chi connectivity index (χ1) is 13.8. The molecule has 1 saturated carbocycles. The molecule has 5 nitrogen and oxygen atoms in total. The summed E-state index contributed by atoms with van der Waals surface area (Å²) in [5.41, 5.74) is 2.07. The minimum absolute atomic E-state index is 0.0987. The van der Waals surface area contributed by atoms with Gasteiger partial charge in [0.2, 0.25) is 0 Å². The van der Waals surface area contributed by atoms with Gasteiger partial charge in [-0.15, -0.1) is 0 Å². The average molecular weight is 408 g/mol. The summed E-state index contributed by atoms with van der Waals surface area (Å²) in [6.45, 7) is 9.32. The third-order valence-electron chi connectivity index (χ3n) is 6.86. The lowest BCUT2D eigenvalue weighted by atomic mass is 9.79. The zero-order valence-electron chi connectivity index (χ0n) is 18.5. The standard InChI is InChI=1S/C23H38FN3O2/c1-5-14-29-19-6-10-23(3,11-7-19)27-12-8-18(9-13-27)25-21-15-17(2)20(24)16-22(21)26(4)28/h15-16,18-19,25-26H,5-14H2,1-4H3/t19-,23+. The first kappa shape index (κ1) is 22.5. The predicted octanol–water partition coefficient (Wildman–Crippen LogP) is 3.78. The Kier molecular flexibility index (Phi) is 7.54. The molecule has 1 aromatic carbocycles. The SMILES string of the molecule is CCCO[C@H]1CC[C@@](C)(N2CCC(Nc3cc(C)c(F)cc3[NH+](C)[O-])CC2)CC1. The first-order valence-electron chi connectivity index (χ1n) is 11.3. The lowest BCUT2D eigenvalue weighted by molar-refractivity contribution is -0.750. The fraction of sp³-hybridized carbons (Fsp3) is 0.739. The molecule has 1 saturated heterocycles. The Hall–Kier alpha value is -1.21. The first-order valence-corrected chi connectivity index (χ1v) is 11.3. The lowest BCUT2D eigenvalue weighted by Gasteiger charge is -2.48. The molecule has 29 heavy (non-hydrogen) atoms. The summed E-state index contributed by atoms with van der Waals surface area (Å²) < 4.78 is 19.9. The van der Waals surface area contributed by atoms with Gasteiger partial charge >= 0.3 is 0 Å². The van der Waals surface area contributed by atoms with Crippen LogP contribution in [0.5, 0.6) is 0 Å². The van der Waals surface area contributed by atoms with E-state index in [9.17, 15) is 9.60 Å². The Morgan fingerprint density at radius 2 is 1.90 bits per heavy atom. The Morgan fingerprint density at radius 3 is 2.48 bits per heavy atom.